The van der Waals surface area contributed by atoms with Crippen molar-refractivity contribution in [2.75, 3.05) is 0 Å². The van der Waals surface area contributed by atoms with E-state index in [4.69, 9.17) is 0 Å². The summed E-state index contributed by atoms with van der Waals surface area (Å²) in [6.45, 7) is 1.96. The highest BCUT2D eigenvalue weighted by Gasteiger charge is 2.29. The van der Waals surface area contributed by atoms with Crippen LogP contribution in [0.3, 0.4) is 0 Å². The summed E-state index contributed by atoms with van der Waals surface area (Å²) in [4.78, 5) is 0.338. The molecule has 4 heteroatoms. The smallest absolute Gasteiger partial charge is 0.207 e. The maximum atomic E-state index is 12.9. The molecular weight excluding hydrogens is 318 g/mol. The van der Waals surface area contributed by atoms with Gasteiger partial charge in [0.15, 0.2) is 0 Å². The Morgan fingerprint density at radius 3 is 2.17 bits per heavy atom. The Morgan fingerprint density at radius 1 is 0.917 bits per heavy atom. The highest BCUT2D eigenvalue weighted by Crippen LogP contribution is 2.35. The van der Waals surface area contributed by atoms with Crippen LogP contribution in [0.1, 0.15) is 49.3 Å². The van der Waals surface area contributed by atoms with Gasteiger partial charge in [0.2, 0.25) is 10.0 Å². The van der Waals surface area contributed by atoms with Crippen LogP contribution < -0.4 is 4.72 Å². The first-order chi connectivity index (χ1) is 11.6. The monoisotopic (exact) mass is 343 g/mol. The van der Waals surface area contributed by atoms with Crippen LogP contribution in [0.2, 0.25) is 0 Å². The number of rotatable bonds is 5. The van der Waals surface area contributed by atoms with Gasteiger partial charge in [-0.05, 0) is 43.4 Å². The summed E-state index contributed by atoms with van der Waals surface area (Å²) >= 11 is 0. The van der Waals surface area contributed by atoms with E-state index in [9.17, 15) is 8.42 Å². The second kappa shape index (κ2) is 7.49. The molecule has 1 saturated carbocycles. The van der Waals surface area contributed by atoms with Crippen molar-refractivity contribution in [1.82, 2.24) is 4.72 Å². The summed E-state index contributed by atoms with van der Waals surface area (Å²) in [5.74, 6) is 0.362. The van der Waals surface area contributed by atoms with Gasteiger partial charge in [-0.1, -0.05) is 67.3 Å². The van der Waals surface area contributed by atoms with E-state index in [1.807, 2.05) is 49.4 Å². The molecule has 128 valence electrons. The first-order valence-corrected chi connectivity index (χ1v) is 10.2. The van der Waals surface area contributed by atoms with E-state index in [0.29, 0.717) is 10.8 Å². The minimum absolute atomic E-state index is 0.155. The van der Waals surface area contributed by atoms with Crippen molar-refractivity contribution in [2.24, 2.45) is 5.92 Å². The first-order valence-electron chi connectivity index (χ1n) is 8.70. The third kappa shape index (κ3) is 4.05. The van der Waals surface area contributed by atoms with E-state index in [-0.39, 0.29) is 6.04 Å². The third-order valence-corrected chi connectivity index (χ3v) is 6.35. The summed E-state index contributed by atoms with van der Waals surface area (Å²) in [6.07, 6.45) is 5.77. The van der Waals surface area contributed by atoms with Gasteiger partial charge < -0.3 is 0 Å². The van der Waals surface area contributed by atoms with Gasteiger partial charge in [0.1, 0.15) is 0 Å². The largest absolute Gasteiger partial charge is 0.241 e. The molecule has 0 radical (unpaired) electrons. The highest BCUT2D eigenvalue weighted by atomic mass is 32.2. The predicted molar refractivity (Wildman–Crippen MR) is 97.3 cm³/mol. The fourth-order valence-corrected chi connectivity index (χ4v) is 4.81. The normalized spacial score (nSPS) is 17.5. The van der Waals surface area contributed by atoms with Crippen molar-refractivity contribution >= 4 is 10.0 Å². The van der Waals surface area contributed by atoms with Crippen LogP contribution in [0.4, 0.5) is 0 Å². The Morgan fingerprint density at radius 2 is 1.54 bits per heavy atom. The fourth-order valence-electron chi connectivity index (χ4n) is 3.52. The number of nitrogens with one attached hydrogen (secondary N) is 1. The molecule has 3 nitrogen and oxygen atoms in total. The summed E-state index contributed by atoms with van der Waals surface area (Å²) in [7, 11) is -3.52. The van der Waals surface area contributed by atoms with Crippen molar-refractivity contribution in [2.45, 2.75) is 50.0 Å². The molecule has 2 aromatic rings. The minimum atomic E-state index is -3.52. The minimum Gasteiger partial charge on any atom is -0.207 e. The lowest BCUT2D eigenvalue weighted by molar-refractivity contribution is 0.294. The van der Waals surface area contributed by atoms with E-state index < -0.39 is 10.0 Å². The molecule has 2 aromatic carbocycles. The van der Waals surface area contributed by atoms with E-state index in [1.54, 1.807) is 12.1 Å². The molecule has 0 bridgehead atoms. The standard InChI is InChI=1S/C20H25NO2S/c1-16-12-14-19(15-13-16)24(22,23)21-20(17-8-4-2-5-9-17)18-10-6-3-7-11-18/h2,4-5,8-9,12-15,18,20-21H,3,6-7,10-11H2,1H3. The van der Waals surface area contributed by atoms with Crippen molar-refractivity contribution in [3.05, 3.63) is 65.7 Å². The van der Waals surface area contributed by atoms with Crippen molar-refractivity contribution < 1.29 is 8.42 Å². The molecule has 0 spiro atoms. The molecule has 1 aliphatic rings. The molecule has 1 atom stereocenters. The molecule has 0 aliphatic heterocycles. The molecule has 3 rings (SSSR count). The lowest BCUT2D eigenvalue weighted by atomic mass is 9.81. The van der Waals surface area contributed by atoms with E-state index >= 15 is 0 Å². The third-order valence-electron chi connectivity index (χ3n) is 4.89. The topological polar surface area (TPSA) is 46.2 Å². The zero-order chi connectivity index (χ0) is 17.0. The molecule has 1 unspecified atom stereocenters. The van der Waals surface area contributed by atoms with E-state index in [1.165, 1.54) is 19.3 Å². The lowest BCUT2D eigenvalue weighted by Crippen LogP contribution is -2.34. The Bertz CT molecular complexity index is 748. The van der Waals surface area contributed by atoms with Gasteiger partial charge in [-0.3, -0.25) is 0 Å². The second-order valence-electron chi connectivity index (χ2n) is 6.72. The van der Waals surface area contributed by atoms with Gasteiger partial charge in [-0.15, -0.1) is 0 Å². The quantitative estimate of drug-likeness (QED) is 0.863. The second-order valence-corrected chi connectivity index (χ2v) is 8.43. The average Bonchev–Trinajstić information content (AvgIpc) is 2.62. The van der Waals surface area contributed by atoms with Gasteiger partial charge in [0.25, 0.3) is 0 Å². The fraction of sp³-hybridized carbons (Fsp3) is 0.400. The maximum Gasteiger partial charge on any atom is 0.241 e. The van der Waals surface area contributed by atoms with Crippen LogP contribution in [0.25, 0.3) is 0 Å². The predicted octanol–water partition coefficient (Wildman–Crippen LogP) is 4.59. The van der Waals surface area contributed by atoms with Crippen molar-refractivity contribution in [3.63, 3.8) is 0 Å². The zero-order valence-corrected chi connectivity index (χ0v) is 14.9. The van der Waals surface area contributed by atoms with Crippen LogP contribution in [0.5, 0.6) is 0 Å². The van der Waals surface area contributed by atoms with Gasteiger partial charge in [-0.25, -0.2) is 13.1 Å². The average molecular weight is 343 g/mol. The van der Waals surface area contributed by atoms with Gasteiger partial charge in [0.05, 0.1) is 4.90 Å². The zero-order valence-electron chi connectivity index (χ0n) is 14.1. The summed E-state index contributed by atoms with van der Waals surface area (Å²) < 4.78 is 28.7. The molecule has 1 fully saturated rings. The van der Waals surface area contributed by atoms with Crippen LogP contribution in [0.15, 0.2) is 59.5 Å². The summed E-state index contributed by atoms with van der Waals surface area (Å²) in [5, 5.41) is 0. The van der Waals surface area contributed by atoms with Gasteiger partial charge >= 0.3 is 0 Å². The Labute approximate surface area is 145 Å². The molecule has 1 aliphatic carbocycles. The number of aryl methyl sites for hydroxylation is 1. The molecular formula is C20H25NO2S. The van der Waals surface area contributed by atoms with Gasteiger partial charge in [-0.2, -0.15) is 0 Å². The number of sulfonamides is 1. The Balaban J connectivity index is 1.89. The van der Waals surface area contributed by atoms with Crippen LogP contribution in [-0.2, 0) is 10.0 Å². The molecule has 0 heterocycles. The number of benzene rings is 2. The molecule has 0 amide bonds. The molecule has 24 heavy (non-hydrogen) atoms. The van der Waals surface area contributed by atoms with Gasteiger partial charge in [0, 0.05) is 6.04 Å². The SMILES string of the molecule is Cc1ccc(S(=O)(=O)NC(c2ccccc2)C2CCCCC2)cc1. The first kappa shape index (κ1) is 17.2. The van der Waals surface area contributed by atoms with E-state index in [2.05, 4.69) is 4.72 Å². The van der Waals surface area contributed by atoms with Crippen LogP contribution >= 0.6 is 0 Å². The number of hydrogen-bond acceptors (Lipinski definition) is 2. The highest BCUT2D eigenvalue weighted by molar-refractivity contribution is 7.89. The molecule has 0 aromatic heterocycles. The Hall–Kier alpha value is -1.65. The van der Waals surface area contributed by atoms with Crippen molar-refractivity contribution in [1.29, 1.82) is 0 Å². The molecule has 0 saturated heterocycles. The van der Waals surface area contributed by atoms with Crippen LogP contribution in [0, 0.1) is 12.8 Å². The van der Waals surface area contributed by atoms with Crippen molar-refractivity contribution in [3.8, 4) is 0 Å². The van der Waals surface area contributed by atoms with E-state index in [0.717, 1.165) is 24.0 Å². The maximum absolute atomic E-state index is 12.9. The molecule has 1 N–H and O–H groups in total. The lowest BCUT2D eigenvalue weighted by Gasteiger charge is -2.31. The number of hydrogen-bond donors (Lipinski definition) is 1. The Kier molecular flexibility index (Phi) is 5.36. The van der Waals surface area contributed by atoms with Crippen LogP contribution in [-0.4, -0.2) is 8.42 Å². The summed E-state index contributed by atoms with van der Waals surface area (Å²) in [5.41, 5.74) is 2.11. The summed E-state index contributed by atoms with van der Waals surface area (Å²) in [6, 6.07) is 16.9.